The van der Waals surface area contributed by atoms with Gasteiger partial charge in [-0.25, -0.2) is 0 Å². The maximum absolute atomic E-state index is 8.88. The van der Waals surface area contributed by atoms with Crippen LogP contribution in [-0.4, -0.2) is 24.3 Å². The second-order valence-electron chi connectivity index (χ2n) is 1.79. The van der Waals surface area contributed by atoms with E-state index >= 15 is 0 Å². The molecule has 2 atom stereocenters. The average Bonchev–Trinajstić information content (AvgIpc) is 1.69. The molecule has 0 saturated heterocycles. The lowest BCUT2D eigenvalue weighted by molar-refractivity contribution is 0.168. The van der Waals surface area contributed by atoms with Crippen molar-refractivity contribution in [3.63, 3.8) is 0 Å². The fraction of sp³-hybridized carbons (Fsp3) is 0.667. The highest BCUT2D eigenvalue weighted by molar-refractivity contribution is 4.87. The van der Waals surface area contributed by atoms with Crippen LogP contribution < -0.4 is 5.32 Å². The van der Waals surface area contributed by atoms with Crippen LogP contribution >= 0.6 is 0 Å². The van der Waals surface area contributed by atoms with Gasteiger partial charge in [0.1, 0.15) is 0 Å². The van der Waals surface area contributed by atoms with Gasteiger partial charge in [0.05, 0.1) is 12.1 Å². The van der Waals surface area contributed by atoms with E-state index in [1.165, 1.54) is 0 Å². The van der Waals surface area contributed by atoms with E-state index in [1.54, 1.807) is 20.0 Å². The standard InChI is InChI=1S/C6H13NO/c1-4-6(7-3)5(2)8/h4-8H,1H2,2-3H3. The second-order valence-corrected chi connectivity index (χ2v) is 1.79. The van der Waals surface area contributed by atoms with Crippen molar-refractivity contribution >= 4 is 0 Å². The van der Waals surface area contributed by atoms with Crippen molar-refractivity contribution in [2.45, 2.75) is 19.1 Å². The predicted molar refractivity (Wildman–Crippen MR) is 34.7 cm³/mol. The molecular formula is C6H13NO. The van der Waals surface area contributed by atoms with E-state index in [4.69, 9.17) is 5.11 Å². The highest BCUT2D eigenvalue weighted by atomic mass is 16.3. The number of hydrogen-bond acceptors (Lipinski definition) is 2. The lowest BCUT2D eigenvalue weighted by atomic mass is 10.2. The van der Waals surface area contributed by atoms with Crippen LogP contribution in [0.15, 0.2) is 12.7 Å². The topological polar surface area (TPSA) is 32.3 Å². The third-order valence-electron chi connectivity index (χ3n) is 1.11. The zero-order valence-electron chi connectivity index (χ0n) is 5.39. The van der Waals surface area contributed by atoms with Crippen molar-refractivity contribution < 1.29 is 5.11 Å². The Morgan fingerprint density at radius 2 is 2.25 bits per heavy atom. The third-order valence-corrected chi connectivity index (χ3v) is 1.11. The summed E-state index contributed by atoms with van der Waals surface area (Å²) in [5.74, 6) is 0. The summed E-state index contributed by atoms with van der Waals surface area (Å²) >= 11 is 0. The normalized spacial score (nSPS) is 17.4. The zero-order valence-corrected chi connectivity index (χ0v) is 5.39. The fourth-order valence-corrected chi connectivity index (χ4v) is 0.556. The molecule has 0 spiro atoms. The van der Waals surface area contributed by atoms with Gasteiger partial charge in [0.25, 0.3) is 0 Å². The van der Waals surface area contributed by atoms with Gasteiger partial charge in [0.2, 0.25) is 0 Å². The molecule has 0 aliphatic rings. The van der Waals surface area contributed by atoms with Gasteiger partial charge in [-0.15, -0.1) is 6.58 Å². The largest absolute Gasteiger partial charge is 0.391 e. The summed E-state index contributed by atoms with van der Waals surface area (Å²) in [7, 11) is 1.79. The summed E-state index contributed by atoms with van der Waals surface area (Å²) < 4.78 is 0. The lowest BCUT2D eigenvalue weighted by Gasteiger charge is -2.12. The van der Waals surface area contributed by atoms with Gasteiger partial charge in [-0.05, 0) is 14.0 Å². The van der Waals surface area contributed by atoms with Gasteiger partial charge in [-0.3, -0.25) is 0 Å². The smallest absolute Gasteiger partial charge is 0.0700 e. The third kappa shape index (κ3) is 2.09. The molecule has 0 fully saturated rings. The van der Waals surface area contributed by atoms with Crippen LogP contribution in [-0.2, 0) is 0 Å². The van der Waals surface area contributed by atoms with Crippen LogP contribution in [0.3, 0.4) is 0 Å². The molecule has 0 aromatic heterocycles. The van der Waals surface area contributed by atoms with Crippen LogP contribution in [0, 0.1) is 0 Å². The molecule has 2 N–H and O–H groups in total. The Labute approximate surface area is 50.2 Å². The zero-order chi connectivity index (χ0) is 6.57. The van der Waals surface area contributed by atoms with E-state index in [1.807, 2.05) is 0 Å². The molecule has 0 saturated carbocycles. The number of aliphatic hydroxyl groups excluding tert-OH is 1. The molecule has 2 heteroatoms. The van der Waals surface area contributed by atoms with Gasteiger partial charge < -0.3 is 10.4 Å². The minimum absolute atomic E-state index is 0.0231. The molecule has 8 heavy (non-hydrogen) atoms. The number of hydrogen-bond donors (Lipinski definition) is 2. The molecule has 0 aromatic carbocycles. The van der Waals surface area contributed by atoms with E-state index in [0.717, 1.165) is 0 Å². The van der Waals surface area contributed by atoms with Crippen LogP contribution in [0.4, 0.5) is 0 Å². The summed E-state index contributed by atoms with van der Waals surface area (Å²) in [6, 6.07) is 0.0231. The number of aliphatic hydroxyl groups is 1. The molecule has 0 amide bonds. The molecule has 0 aliphatic carbocycles. The molecule has 48 valence electrons. The van der Waals surface area contributed by atoms with Gasteiger partial charge >= 0.3 is 0 Å². The first-order valence-corrected chi connectivity index (χ1v) is 2.70. The first-order chi connectivity index (χ1) is 3.72. The van der Waals surface area contributed by atoms with Crippen LogP contribution in [0.2, 0.25) is 0 Å². The summed E-state index contributed by atoms with van der Waals surface area (Å²) in [6.45, 7) is 5.26. The summed E-state index contributed by atoms with van der Waals surface area (Å²) in [6.07, 6.45) is 1.34. The number of likely N-dealkylation sites (N-methyl/N-ethyl adjacent to an activating group) is 1. The summed E-state index contributed by atoms with van der Waals surface area (Å²) in [5.41, 5.74) is 0. The Hall–Kier alpha value is -0.340. The van der Waals surface area contributed by atoms with Gasteiger partial charge in [0, 0.05) is 0 Å². The number of nitrogens with one attached hydrogen (secondary N) is 1. The highest BCUT2D eigenvalue weighted by Gasteiger charge is 2.05. The van der Waals surface area contributed by atoms with E-state index in [2.05, 4.69) is 11.9 Å². The molecule has 2 unspecified atom stereocenters. The first-order valence-electron chi connectivity index (χ1n) is 2.70. The second kappa shape index (κ2) is 3.64. The highest BCUT2D eigenvalue weighted by Crippen LogP contribution is 1.90. The van der Waals surface area contributed by atoms with E-state index in [-0.39, 0.29) is 12.1 Å². The van der Waals surface area contributed by atoms with Crippen molar-refractivity contribution in [3.8, 4) is 0 Å². The van der Waals surface area contributed by atoms with Crippen molar-refractivity contribution in [1.82, 2.24) is 5.32 Å². The van der Waals surface area contributed by atoms with E-state index in [0.29, 0.717) is 0 Å². The van der Waals surface area contributed by atoms with Crippen LogP contribution in [0.5, 0.6) is 0 Å². The minimum atomic E-state index is -0.350. The maximum Gasteiger partial charge on any atom is 0.0700 e. The van der Waals surface area contributed by atoms with Crippen molar-refractivity contribution in [2.24, 2.45) is 0 Å². The van der Waals surface area contributed by atoms with Crippen LogP contribution in [0.25, 0.3) is 0 Å². The van der Waals surface area contributed by atoms with Gasteiger partial charge in [0.15, 0.2) is 0 Å². The molecule has 0 rings (SSSR count). The first kappa shape index (κ1) is 7.66. The number of rotatable bonds is 3. The molecule has 0 radical (unpaired) electrons. The lowest BCUT2D eigenvalue weighted by Crippen LogP contribution is -2.33. The monoisotopic (exact) mass is 115 g/mol. The summed E-state index contributed by atoms with van der Waals surface area (Å²) in [5, 5.41) is 11.8. The minimum Gasteiger partial charge on any atom is -0.391 e. The Bertz CT molecular complexity index is 70.9. The molecule has 2 nitrogen and oxygen atoms in total. The molecule has 0 bridgehead atoms. The Kier molecular flexibility index (Phi) is 3.48. The molecular weight excluding hydrogens is 102 g/mol. The Morgan fingerprint density at radius 1 is 1.75 bits per heavy atom. The van der Waals surface area contributed by atoms with E-state index in [9.17, 15) is 0 Å². The van der Waals surface area contributed by atoms with Crippen molar-refractivity contribution in [2.75, 3.05) is 7.05 Å². The predicted octanol–water partition coefficient (Wildman–Crippen LogP) is 0.141. The Balaban J connectivity index is 3.51. The van der Waals surface area contributed by atoms with Crippen molar-refractivity contribution in [3.05, 3.63) is 12.7 Å². The maximum atomic E-state index is 8.88. The Morgan fingerprint density at radius 3 is 2.25 bits per heavy atom. The van der Waals surface area contributed by atoms with Crippen LogP contribution in [0.1, 0.15) is 6.92 Å². The summed E-state index contributed by atoms with van der Waals surface area (Å²) in [4.78, 5) is 0. The van der Waals surface area contributed by atoms with Gasteiger partial charge in [-0.2, -0.15) is 0 Å². The fourth-order valence-electron chi connectivity index (χ4n) is 0.556. The van der Waals surface area contributed by atoms with Gasteiger partial charge in [-0.1, -0.05) is 6.08 Å². The molecule has 0 heterocycles. The average molecular weight is 115 g/mol. The molecule has 0 aliphatic heterocycles. The van der Waals surface area contributed by atoms with E-state index < -0.39 is 0 Å². The SMILES string of the molecule is C=CC(NC)C(C)O. The quantitative estimate of drug-likeness (QED) is 0.513. The molecule has 0 aromatic rings. The van der Waals surface area contributed by atoms with Crippen molar-refractivity contribution in [1.29, 1.82) is 0 Å².